The molecular formula is C21H24ClFN2O2. The van der Waals surface area contributed by atoms with Gasteiger partial charge in [0.2, 0.25) is 0 Å². The fourth-order valence-corrected chi connectivity index (χ4v) is 3.44. The van der Waals surface area contributed by atoms with Crippen LogP contribution in [0.1, 0.15) is 30.4 Å². The lowest BCUT2D eigenvalue weighted by Crippen LogP contribution is -2.31. The third-order valence-corrected chi connectivity index (χ3v) is 4.99. The van der Waals surface area contributed by atoms with E-state index in [1.165, 1.54) is 37.0 Å². The van der Waals surface area contributed by atoms with Crippen LogP contribution in [0.3, 0.4) is 0 Å². The number of nitrogens with zero attached hydrogens (tertiary/aromatic N) is 1. The average Bonchev–Trinajstić information content (AvgIpc) is 2.67. The van der Waals surface area contributed by atoms with Crippen molar-refractivity contribution in [1.82, 2.24) is 10.2 Å². The van der Waals surface area contributed by atoms with Crippen molar-refractivity contribution < 1.29 is 13.9 Å². The zero-order valence-electron chi connectivity index (χ0n) is 15.2. The van der Waals surface area contributed by atoms with Crippen LogP contribution in [0.15, 0.2) is 42.5 Å². The largest absolute Gasteiger partial charge is 0.482 e. The summed E-state index contributed by atoms with van der Waals surface area (Å²) in [7, 11) is 0. The van der Waals surface area contributed by atoms with Crippen molar-refractivity contribution in [3.63, 3.8) is 0 Å². The molecule has 0 bridgehead atoms. The van der Waals surface area contributed by atoms with Gasteiger partial charge in [-0.2, -0.15) is 0 Å². The molecule has 0 unspecified atom stereocenters. The summed E-state index contributed by atoms with van der Waals surface area (Å²) in [5.41, 5.74) is 2.35. The smallest absolute Gasteiger partial charge is 0.258 e. The molecule has 1 amide bonds. The minimum absolute atomic E-state index is 0.148. The van der Waals surface area contributed by atoms with E-state index >= 15 is 0 Å². The molecule has 0 radical (unpaired) electrons. The molecule has 0 aliphatic carbocycles. The number of nitrogens with one attached hydrogen (secondary N) is 1. The highest BCUT2D eigenvalue weighted by Gasteiger charge is 2.13. The van der Waals surface area contributed by atoms with Crippen molar-refractivity contribution in [3.05, 3.63) is 64.4 Å². The number of benzene rings is 2. The van der Waals surface area contributed by atoms with E-state index in [-0.39, 0.29) is 17.5 Å². The lowest BCUT2D eigenvalue weighted by molar-refractivity contribution is -0.123. The van der Waals surface area contributed by atoms with E-state index in [1.54, 1.807) is 0 Å². The third kappa shape index (κ3) is 5.94. The lowest BCUT2D eigenvalue weighted by atomic mass is 10.0. The first-order valence-electron chi connectivity index (χ1n) is 9.25. The molecular weight excluding hydrogens is 367 g/mol. The van der Waals surface area contributed by atoms with Gasteiger partial charge in [-0.25, -0.2) is 4.39 Å². The van der Waals surface area contributed by atoms with Crippen molar-refractivity contribution in [1.29, 1.82) is 0 Å². The molecule has 2 aromatic carbocycles. The monoisotopic (exact) mass is 390 g/mol. The van der Waals surface area contributed by atoms with Gasteiger partial charge >= 0.3 is 0 Å². The normalized spacial score (nSPS) is 14.7. The molecule has 1 fully saturated rings. The van der Waals surface area contributed by atoms with Gasteiger partial charge in [-0.3, -0.25) is 9.69 Å². The predicted molar refractivity (Wildman–Crippen MR) is 104 cm³/mol. The fourth-order valence-electron chi connectivity index (χ4n) is 3.22. The van der Waals surface area contributed by atoms with Crippen LogP contribution in [-0.4, -0.2) is 30.5 Å². The molecule has 0 saturated carbocycles. The minimum atomic E-state index is -0.442. The van der Waals surface area contributed by atoms with Crippen LogP contribution in [0, 0.1) is 5.82 Å². The van der Waals surface area contributed by atoms with Gasteiger partial charge in [-0.1, -0.05) is 42.3 Å². The second-order valence-electron chi connectivity index (χ2n) is 6.75. The fraction of sp³-hybridized carbons (Fsp3) is 0.381. The molecule has 1 heterocycles. The quantitative estimate of drug-likeness (QED) is 0.771. The standard InChI is InChI=1S/C21H24ClFN2O2/c22-19-12-18(23)8-9-20(19)27-15-21(26)24-13-16-6-2-3-7-17(16)14-25-10-4-1-5-11-25/h2-3,6-9,12H,1,4-5,10-11,13-15H2,(H,24,26). The van der Waals surface area contributed by atoms with Gasteiger partial charge in [0.25, 0.3) is 5.91 Å². The maximum Gasteiger partial charge on any atom is 0.258 e. The molecule has 1 saturated heterocycles. The summed E-state index contributed by atoms with van der Waals surface area (Å²) in [6.45, 7) is 3.46. The first-order chi connectivity index (χ1) is 13.1. The Hall–Kier alpha value is -2.11. The van der Waals surface area contributed by atoms with Crippen LogP contribution in [0.4, 0.5) is 4.39 Å². The maximum atomic E-state index is 13.0. The lowest BCUT2D eigenvalue weighted by Gasteiger charge is -2.27. The molecule has 6 heteroatoms. The summed E-state index contributed by atoms with van der Waals surface area (Å²) in [5.74, 6) is -0.399. The van der Waals surface area contributed by atoms with Crippen molar-refractivity contribution in [2.75, 3.05) is 19.7 Å². The summed E-state index contributed by atoms with van der Waals surface area (Å²) in [6.07, 6.45) is 3.82. The summed E-state index contributed by atoms with van der Waals surface area (Å²) in [5, 5.41) is 3.03. The maximum absolute atomic E-state index is 13.0. The van der Waals surface area contributed by atoms with Gasteiger partial charge in [0.1, 0.15) is 11.6 Å². The van der Waals surface area contributed by atoms with Crippen LogP contribution in [-0.2, 0) is 17.9 Å². The molecule has 1 N–H and O–H groups in total. The van der Waals surface area contributed by atoms with Gasteiger partial charge < -0.3 is 10.1 Å². The summed E-state index contributed by atoms with van der Waals surface area (Å²) >= 11 is 5.90. The van der Waals surface area contributed by atoms with E-state index in [0.717, 1.165) is 31.3 Å². The molecule has 4 nitrogen and oxygen atoms in total. The van der Waals surface area contributed by atoms with Crippen LogP contribution < -0.4 is 10.1 Å². The second kappa shape index (κ2) is 9.72. The van der Waals surface area contributed by atoms with E-state index in [4.69, 9.17) is 16.3 Å². The van der Waals surface area contributed by atoms with Crippen LogP contribution >= 0.6 is 11.6 Å². The van der Waals surface area contributed by atoms with Crippen molar-refractivity contribution >= 4 is 17.5 Å². The highest BCUT2D eigenvalue weighted by molar-refractivity contribution is 6.32. The Kier molecular flexibility index (Phi) is 7.07. The number of hydrogen-bond donors (Lipinski definition) is 1. The Morgan fingerprint density at radius 2 is 1.85 bits per heavy atom. The van der Waals surface area contributed by atoms with Gasteiger partial charge in [0, 0.05) is 13.1 Å². The number of ether oxygens (including phenoxy) is 1. The number of rotatable bonds is 7. The Morgan fingerprint density at radius 3 is 2.59 bits per heavy atom. The topological polar surface area (TPSA) is 41.6 Å². The van der Waals surface area contributed by atoms with E-state index in [9.17, 15) is 9.18 Å². The Morgan fingerprint density at radius 1 is 1.11 bits per heavy atom. The van der Waals surface area contributed by atoms with E-state index < -0.39 is 5.82 Å². The molecule has 27 heavy (non-hydrogen) atoms. The first-order valence-corrected chi connectivity index (χ1v) is 9.63. The number of likely N-dealkylation sites (tertiary alicyclic amines) is 1. The van der Waals surface area contributed by atoms with Gasteiger partial charge in [0.05, 0.1) is 5.02 Å². The number of hydrogen-bond acceptors (Lipinski definition) is 3. The average molecular weight is 391 g/mol. The SMILES string of the molecule is O=C(COc1ccc(F)cc1Cl)NCc1ccccc1CN1CCCCC1. The van der Waals surface area contributed by atoms with Crippen molar-refractivity contribution in [3.8, 4) is 5.75 Å². The van der Waals surface area contributed by atoms with E-state index in [1.807, 2.05) is 18.2 Å². The number of carbonyl (C=O) groups excluding carboxylic acids is 1. The highest BCUT2D eigenvalue weighted by Crippen LogP contribution is 2.24. The second-order valence-corrected chi connectivity index (χ2v) is 7.15. The molecule has 0 aromatic heterocycles. The summed E-state index contributed by atoms with van der Waals surface area (Å²) in [6, 6.07) is 12.0. The van der Waals surface area contributed by atoms with E-state index in [2.05, 4.69) is 16.3 Å². The van der Waals surface area contributed by atoms with Crippen LogP contribution in [0.2, 0.25) is 5.02 Å². The Labute approximate surface area is 164 Å². The van der Waals surface area contributed by atoms with E-state index in [0.29, 0.717) is 12.3 Å². The minimum Gasteiger partial charge on any atom is -0.482 e. The molecule has 2 aromatic rings. The zero-order valence-corrected chi connectivity index (χ0v) is 16.0. The molecule has 144 valence electrons. The predicted octanol–water partition coefficient (Wildman–Crippen LogP) is 4.16. The number of piperidine rings is 1. The number of amides is 1. The van der Waals surface area contributed by atoms with Gasteiger partial charge in [0.15, 0.2) is 6.61 Å². The van der Waals surface area contributed by atoms with Crippen LogP contribution in [0.25, 0.3) is 0 Å². The molecule has 1 aliphatic heterocycles. The Balaban J connectivity index is 1.51. The van der Waals surface area contributed by atoms with Gasteiger partial charge in [-0.05, 0) is 55.3 Å². The molecule has 3 rings (SSSR count). The van der Waals surface area contributed by atoms with Crippen molar-refractivity contribution in [2.24, 2.45) is 0 Å². The third-order valence-electron chi connectivity index (χ3n) is 4.69. The Bertz CT molecular complexity index is 779. The zero-order chi connectivity index (χ0) is 19.1. The van der Waals surface area contributed by atoms with Gasteiger partial charge in [-0.15, -0.1) is 0 Å². The molecule has 0 atom stereocenters. The summed E-state index contributed by atoms with van der Waals surface area (Å²) < 4.78 is 18.4. The van der Waals surface area contributed by atoms with Crippen LogP contribution in [0.5, 0.6) is 5.75 Å². The number of halogens is 2. The number of carbonyl (C=O) groups is 1. The van der Waals surface area contributed by atoms with Crippen molar-refractivity contribution in [2.45, 2.75) is 32.4 Å². The first kappa shape index (κ1) is 19.6. The summed E-state index contributed by atoms with van der Waals surface area (Å²) in [4.78, 5) is 14.6. The molecule has 0 spiro atoms. The molecule has 1 aliphatic rings. The highest BCUT2D eigenvalue weighted by atomic mass is 35.5.